The van der Waals surface area contributed by atoms with Crippen molar-refractivity contribution in [2.75, 3.05) is 19.8 Å². The fourth-order valence-corrected chi connectivity index (χ4v) is 4.48. The minimum absolute atomic E-state index is 0.0711. The van der Waals surface area contributed by atoms with E-state index in [1.807, 2.05) is 26.0 Å². The van der Waals surface area contributed by atoms with Gasteiger partial charge < -0.3 is 19.7 Å². The second kappa shape index (κ2) is 7.15. The summed E-state index contributed by atoms with van der Waals surface area (Å²) < 4.78 is 11.9. The number of carbonyl (C=O) groups excluding carboxylic acids is 2. The summed E-state index contributed by atoms with van der Waals surface area (Å²) in [6.45, 7) is 5.89. The largest absolute Gasteiger partial charge is 0.487 e. The third-order valence-electron chi connectivity index (χ3n) is 6.12. The maximum atomic E-state index is 12.9. The monoisotopic (exact) mass is 372 g/mol. The molecule has 2 fully saturated rings. The van der Waals surface area contributed by atoms with E-state index in [4.69, 9.17) is 9.47 Å². The number of amides is 2. The second-order valence-electron chi connectivity index (χ2n) is 8.07. The van der Waals surface area contributed by atoms with E-state index in [0.29, 0.717) is 26.2 Å². The van der Waals surface area contributed by atoms with Crippen LogP contribution >= 0.6 is 0 Å². The number of hydrogen-bond acceptors (Lipinski definition) is 4. The van der Waals surface area contributed by atoms with E-state index in [-0.39, 0.29) is 23.5 Å². The molecule has 2 atom stereocenters. The van der Waals surface area contributed by atoms with Crippen molar-refractivity contribution < 1.29 is 19.1 Å². The van der Waals surface area contributed by atoms with Crippen LogP contribution in [-0.2, 0) is 14.3 Å². The maximum Gasteiger partial charge on any atom is 0.243 e. The third kappa shape index (κ3) is 3.55. The Kier molecular flexibility index (Phi) is 4.84. The summed E-state index contributed by atoms with van der Waals surface area (Å²) >= 11 is 0. The molecule has 0 radical (unpaired) electrons. The number of carbonyl (C=O) groups is 2. The van der Waals surface area contributed by atoms with Gasteiger partial charge in [-0.3, -0.25) is 9.59 Å². The van der Waals surface area contributed by atoms with Gasteiger partial charge >= 0.3 is 0 Å². The van der Waals surface area contributed by atoms with Crippen molar-refractivity contribution in [3.05, 3.63) is 29.3 Å². The van der Waals surface area contributed by atoms with Crippen LogP contribution in [0.25, 0.3) is 0 Å². The molecule has 6 nitrogen and oxygen atoms in total. The van der Waals surface area contributed by atoms with E-state index in [1.165, 1.54) is 0 Å². The number of hydrogen-bond donors (Lipinski definition) is 1. The van der Waals surface area contributed by atoms with Crippen LogP contribution in [0.1, 0.15) is 56.2 Å². The van der Waals surface area contributed by atoms with Crippen LogP contribution in [0.5, 0.6) is 5.75 Å². The Morgan fingerprint density at radius 2 is 2.11 bits per heavy atom. The van der Waals surface area contributed by atoms with Crippen LogP contribution in [0.3, 0.4) is 0 Å². The Balaban J connectivity index is 1.57. The topological polar surface area (TPSA) is 67.9 Å². The van der Waals surface area contributed by atoms with Gasteiger partial charge in [0.2, 0.25) is 11.8 Å². The molecule has 0 aromatic heterocycles. The van der Waals surface area contributed by atoms with Crippen LogP contribution in [-0.4, -0.2) is 48.1 Å². The van der Waals surface area contributed by atoms with Crippen molar-refractivity contribution in [2.45, 2.75) is 63.6 Å². The van der Waals surface area contributed by atoms with Crippen molar-refractivity contribution in [3.8, 4) is 5.75 Å². The molecule has 3 heterocycles. The minimum Gasteiger partial charge on any atom is -0.487 e. The van der Waals surface area contributed by atoms with Gasteiger partial charge in [0.05, 0.1) is 19.3 Å². The molecule has 0 saturated carbocycles. The molecular weight excluding hydrogens is 344 g/mol. The molecule has 0 aliphatic carbocycles. The highest BCUT2D eigenvalue weighted by molar-refractivity contribution is 5.88. The van der Waals surface area contributed by atoms with Crippen LogP contribution in [0.4, 0.5) is 0 Å². The fraction of sp³-hybridized carbons (Fsp3) is 0.619. The van der Waals surface area contributed by atoms with Crippen molar-refractivity contribution in [1.82, 2.24) is 10.2 Å². The molecule has 0 bridgehead atoms. The molecule has 146 valence electrons. The minimum atomic E-state index is -0.443. The van der Waals surface area contributed by atoms with Crippen molar-refractivity contribution >= 4 is 11.8 Å². The summed E-state index contributed by atoms with van der Waals surface area (Å²) in [6.07, 6.45) is 3.76. The van der Waals surface area contributed by atoms with E-state index in [9.17, 15) is 9.59 Å². The first-order valence-electron chi connectivity index (χ1n) is 9.95. The van der Waals surface area contributed by atoms with Gasteiger partial charge in [-0.05, 0) is 26.3 Å². The first kappa shape index (κ1) is 18.3. The molecule has 2 amide bonds. The van der Waals surface area contributed by atoms with Crippen molar-refractivity contribution in [2.24, 2.45) is 0 Å². The van der Waals surface area contributed by atoms with E-state index in [0.717, 1.165) is 42.6 Å². The molecule has 6 heteroatoms. The molecule has 3 aliphatic heterocycles. The number of nitrogens with one attached hydrogen (secondary N) is 1. The average molecular weight is 372 g/mol. The summed E-state index contributed by atoms with van der Waals surface area (Å²) in [4.78, 5) is 26.6. The lowest BCUT2D eigenvalue weighted by Crippen LogP contribution is -2.51. The first-order chi connectivity index (χ1) is 13.0. The van der Waals surface area contributed by atoms with Gasteiger partial charge in [-0.15, -0.1) is 0 Å². The van der Waals surface area contributed by atoms with E-state index in [1.54, 1.807) is 4.90 Å². The number of aryl methyl sites for hydroxylation is 1. The van der Waals surface area contributed by atoms with Gasteiger partial charge in [-0.25, -0.2) is 0 Å². The van der Waals surface area contributed by atoms with Gasteiger partial charge in [0.1, 0.15) is 17.4 Å². The Labute approximate surface area is 160 Å². The Morgan fingerprint density at radius 3 is 2.81 bits per heavy atom. The number of nitrogens with zero attached hydrogens (tertiary/aromatic N) is 1. The summed E-state index contributed by atoms with van der Waals surface area (Å²) in [5.74, 6) is 0.831. The number of likely N-dealkylation sites (tertiary alicyclic amines) is 1. The van der Waals surface area contributed by atoms with Gasteiger partial charge in [0.15, 0.2) is 0 Å². The highest BCUT2D eigenvalue weighted by atomic mass is 16.5. The van der Waals surface area contributed by atoms with Crippen LogP contribution in [0.15, 0.2) is 18.2 Å². The normalized spacial score (nSPS) is 25.0. The molecule has 1 spiro atoms. The van der Waals surface area contributed by atoms with Crippen LogP contribution in [0.2, 0.25) is 0 Å². The molecule has 4 rings (SSSR count). The summed E-state index contributed by atoms with van der Waals surface area (Å²) in [5, 5.41) is 3.22. The predicted octanol–water partition coefficient (Wildman–Crippen LogP) is 2.49. The second-order valence-corrected chi connectivity index (χ2v) is 8.07. The molecular formula is C21H28N2O4. The van der Waals surface area contributed by atoms with Gasteiger partial charge in [-0.1, -0.05) is 17.7 Å². The zero-order chi connectivity index (χ0) is 19.0. The summed E-state index contributed by atoms with van der Waals surface area (Å²) in [5.41, 5.74) is 1.88. The first-order valence-corrected chi connectivity index (χ1v) is 9.95. The number of benzene rings is 1. The van der Waals surface area contributed by atoms with E-state index >= 15 is 0 Å². The summed E-state index contributed by atoms with van der Waals surface area (Å²) in [7, 11) is 0. The van der Waals surface area contributed by atoms with E-state index in [2.05, 4.69) is 11.4 Å². The third-order valence-corrected chi connectivity index (χ3v) is 6.12. The van der Waals surface area contributed by atoms with Crippen molar-refractivity contribution in [3.63, 3.8) is 0 Å². The molecule has 1 aromatic rings. The standard InChI is InChI=1S/C21H28N2O4/c1-14-5-6-18-16(12-14)17(13-21(27-18)7-10-26-11-8-21)22-20(25)15(2)23-9-3-4-19(23)24/h5-6,12,15,17H,3-4,7-11,13H2,1-2H3,(H,22,25)/t15-,17+/m0/s1. The zero-order valence-corrected chi connectivity index (χ0v) is 16.1. The molecule has 1 aromatic carbocycles. The molecule has 2 saturated heterocycles. The van der Waals surface area contributed by atoms with Crippen molar-refractivity contribution in [1.29, 1.82) is 0 Å². The van der Waals surface area contributed by atoms with Crippen LogP contribution in [0, 0.1) is 6.92 Å². The predicted molar refractivity (Wildman–Crippen MR) is 101 cm³/mol. The highest BCUT2D eigenvalue weighted by Crippen LogP contribution is 2.44. The Morgan fingerprint density at radius 1 is 1.33 bits per heavy atom. The maximum absolute atomic E-state index is 12.9. The summed E-state index contributed by atoms with van der Waals surface area (Å²) in [6, 6.07) is 5.59. The van der Waals surface area contributed by atoms with Gasteiger partial charge in [-0.2, -0.15) is 0 Å². The van der Waals surface area contributed by atoms with Gasteiger partial charge in [0.25, 0.3) is 0 Å². The van der Waals surface area contributed by atoms with Gasteiger partial charge in [0, 0.05) is 37.8 Å². The molecule has 0 unspecified atom stereocenters. The quantitative estimate of drug-likeness (QED) is 0.885. The molecule has 27 heavy (non-hydrogen) atoms. The zero-order valence-electron chi connectivity index (χ0n) is 16.1. The number of ether oxygens (including phenoxy) is 2. The number of rotatable bonds is 3. The number of fused-ring (bicyclic) bond motifs is 1. The fourth-order valence-electron chi connectivity index (χ4n) is 4.48. The Bertz CT molecular complexity index is 742. The SMILES string of the molecule is Cc1ccc2c(c1)[C@H](NC(=O)[C@H](C)N1CCCC1=O)CC1(CCOCC1)O2. The van der Waals surface area contributed by atoms with Crippen LogP contribution < -0.4 is 10.1 Å². The van der Waals surface area contributed by atoms with E-state index < -0.39 is 6.04 Å². The lowest BCUT2D eigenvalue weighted by molar-refractivity contribution is -0.137. The smallest absolute Gasteiger partial charge is 0.243 e. The Hall–Kier alpha value is -2.08. The highest BCUT2D eigenvalue weighted by Gasteiger charge is 2.43. The average Bonchev–Trinajstić information content (AvgIpc) is 3.08. The lowest BCUT2D eigenvalue weighted by Gasteiger charge is -2.44. The molecule has 3 aliphatic rings. The lowest BCUT2D eigenvalue weighted by atomic mass is 9.81. The molecule has 1 N–H and O–H groups in total.